The lowest BCUT2D eigenvalue weighted by Crippen LogP contribution is -2.23. The van der Waals surface area contributed by atoms with Crippen LogP contribution in [0.25, 0.3) is 0 Å². The van der Waals surface area contributed by atoms with E-state index in [0.29, 0.717) is 23.0 Å². The molecule has 2 heterocycles. The molecule has 0 radical (unpaired) electrons. The van der Waals surface area contributed by atoms with Crippen molar-refractivity contribution in [2.75, 3.05) is 0 Å². The highest BCUT2D eigenvalue weighted by Crippen LogP contribution is 2.17. The standard InChI is InChI=1S/C15H17ClN4O/c1-9(2)13-4-11(5-14(16)20-13)15(21)19-8-12-7-17-10(3)6-18-12/h4-7,9H,8H2,1-3H3,(H,19,21). The maximum absolute atomic E-state index is 12.2. The van der Waals surface area contributed by atoms with Gasteiger partial charge < -0.3 is 5.32 Å². The third-order valence-electron chi connectivity index (χ3n) is 2.93. The Balaban J connectivity index is 2.08. The fraction of sp³-hybridized carbons (Fsp3) is 0.333. The summed E-state index contributed by atoms with van der Waals surface area (Å²) in [6, 6.07) is 3.32. The van der Waals surface area contributed by atoms with Gasteiger partial charge in [0.1, 0.15) is 5.15 Å². The van der Waals surface area contributed by atoms with Crippen LogP contribution in [0.5, 0.6) is 0 Å². The predicted molar refractivity (Wildman–Crippen MR) is 81.3 cm³/mol. The van der Waals surface area contributed by atoms with Crippen LogP contribution in [0.1, 0.15) is 47.2 Å². The molecule has 0 spiro atoms. The molecule has 2 rings (SSSR count). The molecule has 6 heteroatoms. The number of hydrogen-bond acceptors (Lipinski definition) is 4. The minimum Gasteiger partial charge on any atom is -0.346 e. The molecule has 1 amide bonds. The van der Waals surface area contributed by atoms with Crippen LogP contribution < -0.4 is 5.32 Å². The lowest BCUT2D eigenvalue weighted by Gasteiger charge is -2.09. The fourth-order valence-corrected chi connectivity index (χ4v) is 1.94. The fourth-order valence-electron chi connectivity index (χ4n) is 1.73. The number of halogens is 1. The van der Waals surface area contributed by atoms with Crippen molar-refractivity contribution < 1.29 is 4.79 Å². The maximum Gasteiger partial charge on any atom is 0.251 e. The number of nitrogens with one attached hydrogen (secondary N) is 1. The van der Waals surface area contributed by atoms with E-state index in [2.05, 4.69) is 20.3 Å². The number of carbonyl (C=O) groups is 1. The summed E-state index contributed by atoms with van der Waals surface area (Å²) in [5, 5.41) is 3.12. The predicted octanol–water partition coefficient (Wildman–Crippen LogP) is 2.89. The molecule has 0 fully saturated rings. The molecular formula is C15H17ClN4O. The summed E-state index contributed by atoms with van der Waals surface area (Å²) in [7, 11) is 0. The minimum absolute atomic E-state index is 0.205. The van der Waals surface area contributed by atoms with Crippen molar-refractivity contribution >= 4 is 17.5 Å². The van der Waals surface area contributed by atoms with Gasteiger partial charge in [0.2, 0.25) is 0 Å². The normalized spacial score (nSPS) is 10.7. The molecule has 1 N–H and O–H groups in total. The van der Waals surface area contributed by atoms with Gasteiger partial charge in [0.15, 0.2) is 0 Å². The molecule has 2 aromatic heterocycles. The first kappa shape index (κ1) is 15.4. The Morgan fingerprint density at radius 3 is 2.67 bits per heavy atom. The topological polar surface area (TPSA) is 67.8 Å². The average Bonchev–Trinajstić information content (AvgIpc) is 2.45. The molecule has 0 unspecified atom stereocenters. The zero-order valence-electron chi connectivity index (χ0n) is 12.2. The molecule has 0 aliphatic rings. The van der Waals surface area contributed by atoms with Crippen molar-refractivity contribution in [2.45, 2.75) is 33.2 Å². The average molecular weight is 305 g/mol. The number of amides is 1. The van der Waals surface area contributed by atoms with Crippen molar-refractivity contribution in [1.82, 2.24) is 20.3 Å². The van der Waals surface area contributed by atoms with Crippen LogP contribution in [0.4, 0.5) is 0 Å². The molecular weight excluding hydrogens is 288 g/mol. The molecule has 0 bridgehead atoms. The number of carbonyl (C=O) groups excluding carboxylic acids is 1. The first-order chi connectivity index (χ1) is 9.95. The van der Waals surface area contributed by atoms with E-state index in [1.165, 1.54) is 0 Å². The molecule has 0 atom stereocenters. The van der Waals surface area contributed by atoms with Gasteiger partial charge in [0.25, 0.3) is 5.91 Å². The van der Waals surface area contributed by atoms with E-state index < -0.39 is 0 Å². The van der Waals surface area contributed by atoms with Crippen LogP contribution in [0.3, 0.4) is 0 Å². The summed E-state index contributed by atoms with van der Waals surface area (Å²) in [6.45, 7) is 6.19. The zero-order valence-corrected chi connectivity index (χ0v) is 13.0. The number of aryl methyl sites for hydroxylation is 1. The Morgan fingerprint density at radius 1 is 1.29 bits per heavy atom. The van der Waals surface area contributed by atoms with Crippen LogP contribution in [0.2, 0.25) is 5.15 Å². The lowest BCUT2D eigenvalue weighted by atomic mass is 10.1. The van der Waals surface area contributed by atoms with Crippen molar-refractivity contribution in [3.8, 4) is 0 Å². The van der Waals surface area contributed by atoms with Gasteiger partial charge in [-0.1, -0.05) is 25.4 Å². The summed E-state index contributed by atoms with van der Waals surface area (Å²) < 4.78 is 0. The summed E-state index contributed by atoms with van der Waals surface area (Å²) in [5.74, 6) is 0.00166. The van der Waals surface area contributed by atoms with Gasteiger partial charge in [-0.2, -0.15) is 0 Å². The summed E-state index contributed by atoms with van der Waals surface area (Å²) in [4.78, 5) is 24.7. The SMILES string of the molecule is Cc1cnc(CNC(=O)c2cc(Cl)nc(C(C)C)c2)cn1. The van der Waals surface area contributed by atoms with Gasteiger partial charge in [0.05, 0.1) is 24.1 Å². The number of rotatable bonds is 4. The number of nitrogens with zero attached hydrogens (tertiary/aromatic N) is 3. The van der Waals surface area contributed by atoms with Crippen molar-refractivity contribution in [3.63, 3.8) is 0 Å². The van der Waals surface area contributed by atoms with Gasteiger partial charge in [-0.3, -0.25) is 14.8 Å². The van der Waals surface area contributed by atoms with Crippen molar-refractivity contribution in [1.29, 1.82) is 0 Å². The second-order valence-corrected chi connectivity index (χ2v) is 5.48. The van der Waals surface area contributed by atoms with Gasteiger partial charge >= 0.3 is 0 Å². The molecule has 0 saturated heterocycles. The van der Waals surface area contributed by atoms with Crippen LogP contribution >= 0.6 is 11.6 Å². The van der Waals surface area contributed by atoms with Crippen LogP contribution in [-0.2, 0) is 6.54 Å². The first-order valence-corrected chi connectivity index (χ1v) is 7.06. The molecule has 2 aromatic rings. The Hall–Kier alpha value is -2.01. The number of pyridine rings is 1. The van der Waals surface area contributed by atoms with E-state index in [-0.39, 0.29) is 11.8 Å². The second kappa shape index (κ2) is 6.63. The Morgan fingerprint density at radius 2 is 2.05 bits per heavy atom. The summed E-state index contributed by atoms with van der Waals surface area (Å²) >= 11 is 5.96. The molecule has 0 aromatic carbocycles. The molecule has 0 aliphatic heterocycles. The van der Waals surface area contributed by atoms with Gasteiger partial charge in [0, 0.05) is 17.5 Å². The third kappa shape index (κ3) is 4.23. The highest BCUT2D eigenvalue weighted by atomic mass is 35.5. The maximum atomic E-state index is 12.2. The van der Waals surface area contributed by atoms with Crippen LogP contribution in [0.15, 0.2) is 24.5 Å². The zero-order chi connectivity index (χ0) is 15.4. The van der Waals surface area contributed by atoms with Gasteiger partial charge in [-0.15, -0.1) is 0 Å². The van der Waals surface area contributed by atoms with Crippen LogP contribution in [0, 0.1) is 6.92 Å². The number of hydrogen-bond donors (Lipinski definition) is 1. The highest BCUT2D eigenvalue weighted by Gasteiger charge is 2.11. The summed E-state index contributed by atoms with van der Waals surface area (Å²) in [5.41, 5.74) is 2.84. The first-order valence-electron chi connectivity index (χ1n) is 6.69. The van der Waals surface area contributed by atoms with Crippen molar-refractivity contribution in [3.05, 3.63) is 52.3 Å². The molecule has 110 valence electrons. The van der Waals surface area contributed by atoms with E-state index in [0.717, 1.165) is 11.4 Å². The molecule has 0 aliphatic carbocycles. The minimum atomic E-state index is -0.205. The van der Waals surface area contributed by atoms with Gasteiger partial charge in [-0.25, -0.2) is 4.98 Å². The summed E-state index contributed by atoms with van der Waals surface area (Å²) in [6.07, 6.45) is 3.32. The van der Waals surface area contributed by atoms with E-state index in [1.54, 1.807) is 24.5 Å². The van der Waals surface area contributed by atoms with E-state index in [1.807, 2.05) is 20.8 Å². The third-order valence-corrected chi connectivity index (χ3v) is 3.13. The Labute approximate surface area is 128 Å². The molecule has 5 nitrogen and oxygen atoms in total. The quantitative estimate of drug-likeness (QED) is 0.882. The lowest BCUT2D eigenvalue weighted by molar-refractivity contribution is 0.0950. The van der Waals surface area contributed by atoms with Crippen molar-refractivity contribution in [2.24, 2.45) is 0 Å². The number of aromatic nitrogens is 3. The second-order valence-electron chi connectivity index (χ2n) is 5.09. The van der Waals surface area contributed by atoms with Crippen LogP contribution in [-0.4, -0.2) is 20.9 Å². The smallest absolute Gasteiger partial charge is 0.251 e. The monoisotopic (exact) mass is 304 g/mol. The Bertz CT molecular complexity index is 641. The molecule has 0 saturated carbocycles. The molecule has 21 heavy (non-hydrogen) atoms. The largest absolute Gasteiger partial charge is 0.346 e. The van der Waals surface area contributed by atoms with E-state index in [4.69, 9.17) is 11.6 Å². The van der Waals surface area contributed by atoms with E-state index >= 15 is 0 Å². The Kier molecular flexibility index (Phi) is 4.85. The van der Waals surface area contributed by atoms with E-state index in [9.17, 15) is 4.79 Å². The van der Waals surface area contributed by atoms with Gasteiger partial charge in [-0.05, 0) is 25.0 Å². The highest BCUT2D eigenvalue weighted by molar-refractivity contribution is 6.29.